The van der Waals surface area contributed by atoms with Gasteiger partial charge in [0.15, 0.2) is 0 Å². The summed E-state index contributed by atoms with van der Waals surface area (Å²) in [5, 5.41) is 5.63. The summed E-state index contributed by atoms with van der Waals surface area (Å²) in [6, 6.07) is 3.83. The average molecular weight is 333 g/mol. The Balaban J connectivity index is 1.63. The number of oxazole rings is 1. The maximum Gasteiger partial charge on any atom is 0.315 e. The van der Waals surface area contributed by atoms with E-state index < -0.39 is 0 Å². The number of benzene rings is 1. The van der Waals surface area contributed by atoms with Gasteiger partial charge in [0, 0.05) is 11.6 Å². The predicted octanol–water partition coefficient (Wildman–Crippen LogP) is 3.14. The Morgan fingerprint density at radius 1 is 1.42 bits per heavy atom. The van der Waals surface area contributed by atoms with Crippen molar-refractivity contribution < 1.29 is 18.3 Å². The first kappa shape index (κ1) is 16.3. The molecule has 2 heterocycles. The van der Waals surface area contributed by atoms with Crippen LogP contribution in [0.15, 0.2) is 22.6 Å². The molecule has 6 nitrogen and oxygen atoms in total. The van der Waals surface area contributed by atoms with Gasteiger partial charge >= 0.3 is 6.03 Å². The Bertz CT molecular complexity index is 725. The van der Waals surface area contributed by atoms with Crippen molar-refractivity contribution in [2.24, 2.45) is 0 Å². The number of halogens is 1. The van der Waals surface area contributed by atoms with Crippen LogP contribution < -0.4 is 15.4 Å². The molecule has 1 aliphatic rings. The van der Waals surface area contributed by atoms with Gasteiger partial charge in [0.1, 0.15) is 17.3 Å². The molecule has 24 heavy (non-hydrogen) atoms. The highest BCUT2D eigenvalue weighted by Gasteiger charge is 2.22. The molecule has 2 aromatic rings. The first-order chi connectivity index (χ1) is 11.5. The van der Waals surface area contributed by atoms with Gasteiger partial charge in [-0.15, -0.1) is 0 Å². The summed E-state index contributed by atoms with van der Waals surface area (Å²) in [6.07, 6.45) is 1.50. The summed E-state index contributed by atoms with van der Waals surface area (Å²) in [5.74, 6) is 1.33. The van der Waals surface area contributed by atoms with Crippen molar-refractivity contribution in [3.05, 3.63) is 46.9 Å². The Hall–Kier alpha value is -2.57. The molecule has 0 unspecified atom stereocenters. The number of nitrogens with one attached hydrogen (secondary N) is 2. The van der Waals surface area contributed by atoms with Crippen molar-refractivity contribution in [3.8, 4) is 5.75 Å². The first-order valence-corrected chi connectivity index (χ1v) is 7.92. The monoisotopic (exact) mass is 333 g/mol. The summed E-state index contributed by atoms with van der Waals surface area (Å²) < 4.78 is 24.3. The molecular weight excluding hydrogens is 313 g/mol. The molecular formula is C17H20FN3O3. The number of ether oxygens (including phenoxy) is 1. The molecule has 0 saturated heterocycles. The minimum atomic E-state index is -0.353. The van der Waals surface area contributed by atoms with Crippen molar-refractivity contribution in [2.75, 3.05) is 6.61 Å². The molecule has 0 aliphatic carbocycles. The van der Waals surface area contributed by atoms with E-state index in [2.05, 4.69) is 15.6 Å². The molecule has 0 radical (unpaired) electrons. The number of amides is 2. The lowest BCUT2D eigenvalue weighted by atomic mass is 10.0. The van der Waals surface area contributed by atoms with Gasteiger partial charge in [0.25, 0.3) is 0 Å². The standard InChI is InChI=1S/C17H20FN3O3/c1-10-11(2)24-16(20-10)9-19-17(22)21-14-4-3-7-23-15-8-12(18)5-6-13(14)15/h5-6,8,14H,3-4,7,9H2,1-2H3,(H2,19,21,22)/t14-/m1/s1. The average Bonchev–Trinajstić information content (AvgIpc) is 2.75. The third-order valence-corrected chi connectivity index (χ3v) is 4.02. The van der Waals surface area contributed by atoms with E-state index in [1.165, 1.54) is 12.1 Å². The van der Waals surface area contributed by atoms with E-state index in [4.69, 9.17) is 9.15 Å². The molecule has 1 atom stereocenters. The second-order valence-electron chi connectivity index (χ2n) is 5.80. The number of aryl methyl sites for hydroxylation is 2. The fourth-order valence-corrected chi connectivity index (χ4v) is 2.68. The number of hydrogen-bond acceptors (Lipinski definition) is 4. The molecule has 3 rings (SSSR count). The van der Waals surface area contributed by atoms with E-state index in [1.807, 2.05) is 13.8 Å². The van der Waals surface area contributed by atoms with Crippen molar-refractivity contribution in [2.45, 2.75) is 39.3 Å². The van der Waals surface area contributed by atoms with Gasteiger partial charge in [-0.2, -0.15) is 0 Å². The zero-order valence-electron chi connectivity index (χ0n) is 13.7. The fourth-order valence-electron chi connectivity index (χ4n) is 2.68. The van der Waals surface area contributed by atoms with Crippen LogP contribution in [0.3, 0.4) is 0 Å². The summed E-state index contributed by atoms with van der Waals surface area (Å²) in [7, 11) is 0. The van der Waals surface area contributed by atoms with Crippen LogP contribution >= 0.6 is 0 Å². The van der Waals surface area contributed by atoms with Gasteiger partial charge in [0.05, 0.1) is 24.9 Å². The molecule has 7 heteroatoms. The smallest absolute Gasteiger partial charge is 0.315 e. The van der Waals surface area contributed by atoms with Crippen LogP contribution in [0.25, 0.3) is 0 Å². The van der Waals surface area contributed by atoms with Crippen LogP contribution in [-0.4, -0.2) is 17.6 Å². The minimum absolute atomic E-state index is 0.208. The topological polar surface area (TPSA) is 76.4 Å². The third kappa shape index (κ3) is 3.67. The van der Waals surface area contributed by atoms with Crippen LogP contribution in [0.2, 0.25) is 0 Å². The molecule has 0 bridgehead atoms. The predicted molar refractivity (Wildman–Crippen MR) is 85.2 cm³/mol. The number of fused-ring (bicyclic) bond motifs is 1. The highest BCUT2D eigenvalue weighted by Crippen LogP contribution is 2.31. The summed E-state index contributed by atoms with van der Waals surface area (Å²) in [4.78, 5) is 16.4. The summed E-state index contributed by atoms with van der Waals surface area (Å²) >= 11 is 0. The number of carbonyl (C=O) groups is 1. The summed E-state index contributed by atoms with van der Waals surface area (Å²) in [5.41, 5.74) is 1.59. The Morgan fingerprint density at radius 3 is 3.00 bits per heavy atom. The lowest BCUT2D eigenvalue weighted by Gasteiger charge is -2.18. The van der Waals surface area contributed by atoms with E-state index >= 15 is 0 Å². The largest absolute Gasteiger partial charge is 0.493 e. The van der Waals surface area contributed by atoms with E-state index in [0.29, 0.717) is 18.2 Å². The molecule has 1 aliphatic heterocycles. The van der Waals surface area contributed by atoms with E-state index in [-0.39, 0.29) is 24.4 Å². The van der Waals surface area contributed by atoms with Gasteiger partial charge in [-0.25, -0.2) is 14.2 Å². The zero-order chi connectivity index (χ0) is 17.1. The lowest BCUT2D eigenvalue weighted by Crippen LogP contribution is -2.37. The highest BCUT2D eigenvalue weighted by atomic mass is 19.1. The van der Waals surface area contributed by atoms with Crippen LogP contribution in [0.1, 0.15) is 41.8 Å². The van der Waals surface area contributed by atoms with Gasteiger partial charge in [-0.1, -0.05) is 6.07 Å². The Kier molecular flexibility index (Phi) is 4.69. The lowest BCUT2D eigenvalue weighted by molar-refractivity contribution is 0.234. The number of hydrogen-bond donors (Lipinski definition) is 2. The zero-order valence-corrected chi connectivity index (χ0v) is 13.7. The molecule has 2 amide bonds. The highest BCUT2D eigenvalue weighted by molar-refractivity contribution is 5.74. The van der Waals surface area contributed by atoms with E-state index in [9.17, 15) is 9.18 Å². The maximum absolute atomic E-state index is 13.4. The van der Waals surface area contributed by atoms with Crippen LogP contribution in [0.4, 0.5) is 9.18 Å². The van der Waals surface area contributed by atoms with Crippen molar-refractivity contribution >= 4 is 6.03 Å². The molecule has 0 saturated carbocycles. The van der Waals surface area contributed by atoms with Gasteiger partial charge in [-0.05, 0) is 32.8 Å². The quantitative estimate of drug-likeness (QED) is 0.905. The SMILES string of the molecule is Cc1nc(CNC(=O)N[C@@H]2CCCOc3cc(F)ccc32)oc1C. The molecule has 2 N–H and O–H groups in total. The number of aromatic nitrogens is 1. The molecule has 128 valence electrons. The maximum atomic E-state index is 13.4. The van der Waals surface area contributed by atoms with Gasteiger partial charge in [0.2, 0.25) is 5.89 Å². The number of urea groups is 1. The van der Waals surface area contributed by atoms with E-state index in [0.717, 1.165) is 29.9 Å². The molecule has 1 aromatic carbocycles. The van der Waals surface area contributed by atoms with Crippen LogP contribution in [0, 0.1) is 19.7 Å². The minimum Gasteiger partial charge on any atom is -0.493 e. The van der Waals surface area contributed by atoms with Crippen LogP contribution in [-0.2, 0) is 6.54 Å². The van der Waals surface area contributed by atoms with Crippen molar-refractivity contribution in [1.29, 1.82) is 0 Å². The first-order valence-electron chi connectivity index (χ1n) is 7.92. The second kappa shape index (κ2) is 6.90. The number of rotatable bonds is 3. The van der Waals surface area contributed by atoms with E-state index in [1.54, 1.807) is 6.07 Å². The van der Waals surface area contributed by atoms with Crippen molar-refractivity contribution in [1.82, 2.24) is 15.6 Å². The normalized spacial score (nSPS) is 16.7. The third-order valence-electron chi connectivity index (χ3n) is 4.02. The van der Waals surface area contributed by atoms with Gasteiger partial charge < -0.3 is 19.8 Å². The Labute approximate surface area is 139 Å². The van der Waals surface area contributed by atoms with Crippen molar-refractivity contribution in [3.63, 3.8) is 0 Å². The second-order valence-corrected chi connectivity index (χ2v) is 5.80. The fraction of sp³-hybridized carbons (Fsp3) is 0.412. The summed E-state index contributed by atoms with van der Waals surface area (Å²) in [6.45, 7) is 4.39. The number of carbonyl (C=O) groups excluding carboxylic acids is 1. The molecule has 0 spiro atoms. The van der Waals surface area contributed by atoms with Gasteiger partial charge in [-0.3, -0.25) is 0 Å². The van der Waals surface area contributed by atoms with Crippen LogP contribution in [0.5, 0.6) is 5.75 Å². The molecule has 1 aromatic heterocycles. The number of nitrogens with zero attached hydrogens (tertiary/aromatic N) is 1. The molecule has 0 fully saturated rings. The Morgan fingerprint density at radius 2 is 2.25 bits per heavy atom.